The molecule has 0 bridgehead atoms. The van der Waals surface area contributed by atoms with Crippen molar-refractivity contribution < 1.29 is 23.1 Å². The maximum absolute atomic E-state index is 12.9. The molecule has 3 aromatic rings. The summed E-state index contributed by atoms with van der Waals surface area (Å²) in [6, 6.07) is 11.5. The van der Waals surface area contributed by atoms with Crippen molar-refractivity contribution in [3.63, 3.8) is 0 Å². The second kappa shape index (κ2) is 8.98. The van der Waals surface area contributed by atoms with Gasteiger partial charge in [0.2, 0.25) is 5.89 Å². The second-order valence-corrected chi connectivity index (χ2v) is 6.00. The van der Waals surface area contributed by atoms with E-state index in [0.29, 0.717) is 30.9 Å². The van der Waals surface area contributed by atoms with Crippen molar-refractivity contribution in [2.24, 2.45) is 0 Å². The Morgan fingerprint density at radius 1 is 1.04 bits per heavy atom. The maximum Gasteiger partial charge on any atom is 0.308 e. The van der Waals surface area contributed by atoms with E-state index in [4.69, 9.17) is 13.9 Å². The fraction of sp³-hybridized carbons (Fsp3) is 0.250. The molecule has 7 nitrogen and oxygen atoms in total. The second-order valence-electron chi connectivity index (χ2n) is 6.00. The summed E-state index contributed by atoms with van der Waals surface area (Å²) in [6.45, 7) is 0.393. The highest BCUT2D eigenvalue weighted by Crippen LogP contribution is 2.27. The molecule has 0 spiro atoms. The predicted molar refractivity (Wildman–Crippen MR) is 99.1 cm³/mol. The van der Waals surface area contributed by atoms with Crippen LogP contribution in [0.5, 0.6) is 11.5 Å². The molecular weight excluding hydrogens is 365 g/mol. The lowest BCUT2D eigenvalue weighted by atomic mass is 10.1. The summed E-state index contributed by atoms with van der Waals surface area (Å²) in [7, 11) is 3.15. The topological polar surface area (TPSA) is 86.5 Å². The summed E-state index contributed by atoms with van der Waals surface area (Å²) in [5.41, 5.74) is 1.80. The molecule has 0 aliphatic carbocycles. The van der Waals surface area contributed by atoms with Crippen LogP contribution in [0.15, 0.2) is 46.9 Å². The monoisotopic (exact) mass is 385 g/mol. The molecule has 0 saturated carbocycles. The Morgan fingerprint density at radius 3 is 2.46 bits per heavy atom. The van der Waals surface area contributed by atoms with Gasteiger partial charge in [-0.15, -0.1) is 10.2 Å². The number of carbonyl (C=O) groups is 1. The normalized spacial score (nSPS) is 10.5. The van der Waals surface area contributed by atoms with Crippen LogP contribution in [0.25, 0.3) is 0 Å². The van der Waals surface area contributed by atoms with E-state index in [1.54, 1.807) is 26.4 Å². The van der Waals surface area contributed by atoms with Crippen LogP contribution >= 0.6 is 0 Å². The molecule has 0 aliphatic heterocycles. The Hall–Kier alpha value is -3.42. The fourth-order valence-corrected chi connectivity index (χ4v) is 2.63. The van der Waals surface area contributed by atoms with Crippen LogP contribution in [0.4, 0.5) is 4.39 Å². The van der Waals surface area contributed by atoms with Gasteiger partial charge in [-0.3, -0.25) is 4.79 Å². The molecule has 1 aromatic heterocycles. The van der Waals surface area contributed by atoms with Crippen molar-refractivity contribution in [3.8, 4) is 11.5 Å². The number of carbonyl (C=O) groups excluding carboxylic acids is 1. The van der Waals surface area contributed by atoms with Crippen LogP contribution < -0.4 is 14.8 Å². The molecule has 146 valence electrons. The number of methoxy groups -OCH3 is 2. The highest BCUT2D eigenvalue weighted by Gasteiger charge is 2.15. The summed E-state index contributed by atoms with van der Waals surface area (Å²) in [4.78, 5) is 12.2. The number of nitrogens with zero attached hydrogens (tertiary/aromatic N) is 2. The van der Waals surface area contributed by atoms with E-state index in [0.717, 1.165) is 11.1 Å². The first-order valence-electron chi connectivity index (χ1n) is 8.65. The number of rotatable bonds is 8. The third-order valence-electron chi connectivity index (χ3n) is 4.08. The third kappa shape index (κ3) is 4.85. The number of hydrogen-bond acceptors (Lipinski definition) is 6. The number of benzene rings is 2. The van der Waals surface area contributed by atoms with E-state index >= 15 is 0 Å². The lowest BCUT2D eigenvalue weighted by molar-refractivity contribution is 0.0918. The van der Waals surface area contributed by atoms with Gasteiger partial charge in [0.1, 0.15) is 5.82 Å². The summed E-state index contributed by atoms with van der Waals surface area (Å²) < 4.78 is 28.8. The number of hydrogen-bond donors (Lipinski definition) is 1. The van der Waals surface area contributed by atoms with Crippen LogP contribution in [0.2, 0.25) is 0 Å². The Labute approximate surface area is 161 Å². The first-order valence-corrected chi connectivity index (χ1v) is 8.65. The van der Waals surface area contributed by atoms with Crippen molar-refractivity contribution in [2.75, 3.05) is 20.8 Å². The minimum Gasteiger partial charge on any atom is -0.493 e. The molecule has 0 atom stereocenters. The molecular formula is C20H20FN3O4. The molecule has 3 rings (SSSR count). The van der Waals surface area contributed by atoms with Crippen molar-refractivity contribution in [1.82, 2.24) is 15.5 Å². The SMILES string of the molecule is COc1ccc(CCNC(=O)c2nnc(Cc3ccc(F)cc3)o2)cc1OC. The Kier molecular flexibility index (Phi) is 6.21. The van der Waals surface area contributed by atoms with Gasteiger partial charge in [0.15, 0.2) is 11.5 Å². The summed E-state index contributed by atoms with van der Waals surface area (Å²) in [6.07, 6.45) is 0.925. The zero-order valence-corrected chi connectivity index (χ0v) is 15.6. The fourth-order valence-electron chi connectivity index (χ4n) is 2.63. The molecule has 8 heteroatoms. The quantitative estimate of drug-likeness (QED) is 0.642. The van der Waals surface area contributed by atoms with Crippen LogP contribution in [-0.2, 0) is 12.8 Å². The predicted octanol–water partition coefficient (Wildman–Crippen LogP) is 2.79. The van der Waals surface area contributed by atoms with Crippen molar-refractivity contribution >= 4 is 5.91 Å². The minimum atomic E-state index is -0.446. The van der Waals surface area contributed by atoms with E-state index in [1.165, 1.54) is 12.1 Å². The van der Waals surface area contributed by atoms with E-state index in [-0.39, 0.29) is 17.6 Å². The zero-order chi connectivity index (χ0) is 19.9. The van der Waals surface area contributed by atoms with Gasteiger partial charge < -0.3 is 19.2 Å². The lowest BCUT2D eigenvalue weighted by Crippen LogP contribution is -2.26. The first-order chi connectivity index (χ1) is 13.6. The van der Waals surface area contributed by atoms with Crippen molar-refractivity contribution in [2.45, 2.75) is 12.8 Å². The standard InChI is InChI=1S/C20H20FN3O4/c1-26-16-8-5-14(11-17(16)27-2)9-10-22-19(25)20-24-23-18(28-20)12-13-3-6-15(21)7-4-13/h3-8,11H,9-10,12H2,1-2H3,(H,22,25). The number of nitrogens with one attached hydrogen (secondary N) is 1. The van der Waals surface area contributed by atoms with E-state index in [2.05, 4.69) is 15.5 Å². The van der Waals surface area contributed by atoms with E-state index in [9.17, 15) is 9.18 Å². The van der Waals surface area contributed by atoms with Gasteiger partial charge >= 0.3 is 11.8 Å². The van der Waals surface area contributed by atoms with Gasteiger partial charge in [-0.25, -0.2) is 4.39 Å². The average Bonchev–Trinajstić information content (AvgIpc) is 3.18. The van der Waals surface area contributed by atoms with Crippen LogP contribution in [0, 0.1) is 5.82 Å². The Morgan fingerprint density at radius 2 is 1.75 bits per heavy atom. The van der Waals surface area contributed by atoms with Crippen LogP contribution in [-0.4, -0.2) is 36.9 Å². The highest BCUT2D eigenvalue weighted by atomic mass is 19.1. The van der Waals surface area contributed by atoms with E-state index < -0.39 is 5.91 Å². The molecule has 1 amide bonds. The first kappa shape index (κ1) is 19.3. The molecule has 2 aromatic carbocycles. The smallest absolute Gasteiger partial charge is 0.308 e. The van der Waals surface area contributed by atoms with Gasteiger partial charge in [-0.1, -0.05) is 18.2 Å². The van der Waals surface area contributed by atoms with Gasteiger partial charge in [-0.2, -0.15) is 0 Å². The molecule has 0 saturated heterocycles. The number of aromatic nitrogens is 2. The average molecular weight is 385 g/mol. The molecule has 1 N–H and O–H groups in total. The summed E-state index contributed by atoms with van der Waals surface area (Å²) in [5.74, 6) is 0.701. The van der Waals surface area contributed by atoms with Gasteiger partial charge in [0, 0.05) is 6.54 Å². The maximum atomic E-state index is 12.9. The van der Waals surface area contributed by atoms with Crippen LogP contribution in [0.3, 0.4) is 0 Å². The Bertz CT molecular complexity index is 941. The highest BCUT2D eigenvalue weighted by molar-refractivity contribution is 5.89. The Balaban J connectivity index is 1.53. The molecule has 0 fully saturated rings. The zero-order valence-electron chi connectivity index (χ0n) is 15.6. The minimum absolute atomic E-state index is 0.107. The van der Waals surface area contributed by atoms with Crippen molar-refractivity contribution in [1.29, 1.82) is 0 Å². The summed E-state index contributed by atoms with van der Waals surface area (Å²) in [5, 5.41) is 10.4. The van der Waals surface area contributed by atoms with Crippen LogP contribution in [0.1, 0.15) is 27.7 Å². The molecule has 0 unspecified atom stereocenters. The van der Waals surface area contributed by atoms with E-state index in [1.807, 2.05) is 18.2 Å². The number of ether oxygens (including phenoxy) is 2. The third-order valence-corrected chi connectivity index (χ3v) is 4.08. The summed E-state index contributed by atoms with van der Waals surface area (Å²) >= 11 is 0. The van der Waals surface area contributed by atoms with Gasteiger partial charge in [0.05, 0.1) is 20.6 Å². The number of halogens is 1. The number of amides is 1. The molecule has 0 aliphatic rings. The van der Waals surface area contributed by atoms with Gasteiger partial charge in [-0.05, 0) is 41.8 Å². The largest absolute Gasteiger partial charge is 0.493 e. The molecule has 0 radical (unpaired) electrons. The lowest BCUT2D eigenvalue weighted by Gasteiger charge is -2.09. The van der Waals surface area contributed by atoms with Crippen molar-refractivity contribution in [3.05, 3.63) is 71.2 Å². The molecule has 28 heavy (non-hydrogen) atoms. The molecule has 1 heterocycles. The van der Waals surface area contributed by atoms with Gasteiger partial charge in [0.25, 0.3) is 0 Å².